The molecule has 0 aromatic carbocycles. The van der Waals surface area contributed by atoms with Crippen molar-refractivity contribution < 1.29 is 4.79 Å². The van der Waals surface area contributed by atoms with Gasteiger partial charge in [-0.2, -0.15) is 0 Å². The molecule has 0 aromatic heterocycles. The largest absolute Gasteiger partial charge is 0.381 e. The van der Waals surface area contributed by atoms with Crippen LogP contribution in [0.15, 0.2) is 12.4 Å². The number of nitrogens with zero attached hydrogens (tertiary/aromatic N) is 1. The molecule has 0 aromatic rings. The van der Waals surface area contributed by atoms with Crippen molar-refractivity contribution in [1.82, 2.24) is 10.6 Å². The Morgan fingerprint density at radius 1 is 1.86 bits per heavy atom. The summed E-state index contributed by atoms with van der Waals surface area (Å²) in [5, 5.41) is 6.16. The lowest BCUT2D eigenvalue weighted by molar-refractivity contribution is -0.119. The van der Waals surface area contributed by atoms with Crippen LogP contribution in [0, 0.1) is 0 Å². The third-order valence-electron chi connectivity index (χ3n) is 0.664. The Labute approximate surface area is 41.4 Å². The third kappa shape index (κ3) is 0.924. The van der Waals surface area contributed by atoms with Crippen molar-refractivity contribution in [2.45, 2.75) is 0 Å². The normalized spacial score (nSPS) is 18.0. The Kier molecular flexibility index (Phi) is 0.978. The monoisotopic (exact) mass is 97.0 g/mol. The zero-order chi connectivity index (χ0) is 5.11. The predicted molar refractivity (Wildman–Crippen MR) is 24.3 cm³/mol. The minimum absolute atomic E-state index is 0.109. The van der Waals surface area contributed by atoms with E-state index in [2.05, 4.69) is 10.6 Å². The van der Waals surface area contributed by atoms with Gasteiger partial charge in [-0.15, -0.1) is 0 Å². The first-order valence-electron chi connectivity index (χ1n) is 2.02. The van der Waals surface area contributed by atoms with Gasteiger partial charge in [0.2, 0.25) is 0 Å². The lowest BCUT2D eigenvalue weighted by atomic mass is 10.5. The summed E-state index contributed by atoms with van der Waals surface area (Å²) in [6, 6.07) is 0. The zero-order valence-electron chi connectivity index (χ0n) is 3.72. The van der Waals surface area contributed by atoms with E-state index in [1.165, 1.54) is 6.20 Å². The summed E-state index contributed by atoms with van der Waals surface area (Å²) in [4.78, 5) is 10.2. The molecule has 0 bridgehead atoms. The fraction of sp³-hybridized carbons (Fsp3) is 0.250. The number of carbonyl (C=O) groups excluding carboxylic acids is 1. The van der Waals surface area contributed by atoms with Gasteiger partial charge in [0.05, 0.1) is 6.54 Å². The van der Waals surface area contributed by atoms with E-state index in [0.717, 1.165) is 0 Å². The highest BCUT2D eigenvalue weighted by atomic mass is 16.1. The van der Waals surface area contributed by atoms with Crippen LogP contribution in [-0.4, -0.2) is 12.5 Å². The summed E-state index contributed by atoms with van der Waals surface area (Å²) in [5.41, 5.74) is 0. The third-order valence-corrected chi connectivity index (χ3v) is 0.664. The first-order valence-corrected chi connectivity index (χ1v) is 2.02. The maximum absolute atomic E-state index is 10.2. The molecule has 1 N–H and O–H groups in total. The van der Waals surface area contributed by atoms with Gasteiger partial charge < -0.3 is 5.32 Å². The maximum Gasteiger partial charge on any atom is 0.264 e. The van der Waals surface area contributed by atoms with E-state index in [1.54, 1.807) is 6.20 Å². The summed E-state index contributed by atoms with van der Waals surface area (Å²) >= 11 is 0. The molecule has 1 aliphatic heterocycles. The van der Waals surface area contributed by atoms with Crippen molar-refractivity contribution >= 4 is 5.91 Å². The SMILES string of the molecule is O=C1CNC=C[N]1. The van der Waals surface area contributed by atoms with Gasteiger partial charge in [0, 0.05) is 12.4 Å². The summed E-state index contributed by atoms with van der Waals surface area (Å²) in [6.07, 6.45) is 3.09. The quantitative estimate of drug-likeness (QED) is 0.429. The molecule has 1 radical (unpaired) electrons. The highest BCUT2D eigenvalue weighted by molar-refractivity contribution is 5.79. The smallest absolute Gasteiger partial charge is 0.264 e. The Morgan fingerprint density at radius 3 is 3.00 bits per heavy atom. The van der Waals surface area contributed by atoms with Gasteiger partial charge in [-0.1, -0.05) is 0 Å². The minimum Gasteiger partial charge on any atom is -0.381 e. The van der Waals surface area contributed by atoms with Crippen LogP contribution in [0.4, 0.5) is 0 Å². The highest BCUT2D eigenvalue weighted by Gasteiger charge is 1.99. The van der Waals surface area contributed by atoms with E-state index in [1.807, 2.05) is 0 Å². The lowest BCUT2D eigenvalue weighted by Gasteiger charge is -2.01. The van der Waals surface area contributed by atoms with E-state index >= 15 is 0 Å². The van der Waals surface area contributed by atoms with Crippen molar-refractivity contribution in [2.24, 2.45) is 0 Å². The van der Waals surface area contributed by atoms with Crippen LogP contribution in [0.5, 0.6) is 0 Å². The second-order valence-electron chi connectivity index (χ2n) is 1.22. The Bertz CT molecular complexity index is 108. The van der Waals surface area contributed by atoms with Gasteiger partial charge in [-0.05, 0) is 0 Å². The van der Waals surface area contributed by atoms with Crippen molar-refractivity contribution in [3.8, 4) is 0 Å². The molecule has 1 aliphatic rings. The van der Waals surface area contributed by atoms with Crippen LogP contribution >= 0.6 is 0 Å². The summed E-state index contributed by atoms with van der Waals surface area (Å²) < 4.78 is 0. The lowest BCUT2D eigenvalue weighted by Crippen LogP contribution is -2.28. The summed E-state index contributed by atoms with van der Waals surface area (Å²) in [6.45, 7) is 0.344. The molecule has 0 aliphatic carbocycles. The van der Waals surface area contributed by atoms with Gasteiger partial charge >= 0.3 is 0 Å². The average Bonchev–Trinajstić information content (AvgIpc) is 1.69. The topological polar surface area (TPSA) is 43.2 Å². The fourth-order valence-electron chi connectivity index (χ4n) is 0.365. The van der Waals surface area contributed by atoms with E-state index in [0.29, 0.717) is 6.54 Å². The first kappa shape index (κ1) is 4.18. The van der Waals surface area contributed by atoms with Crippen molar-refractivity contribution in [3.05, 3.63) is 12.4 Å². The first-order chi connectivity index (χ1) is 3.39. The van der Waals surface area contributed by atoms with Gasteiger partial charge in [0.1, 0.15) is 0 Å². The fourth-order valence-corrected chi connectivity index (χ4v) is 0.365. The van der Waals surface area contributed by atoms with Gasteiger partial charge in [-0.25, -0.2) is 5.32 Å². The number of nitrogens with one attached hydrogen (secondary N) is 1. The van der Waals surface area contributed by atoms with Crippen LogP contribution in [0.3, 0.4) is 0 Å². The average molecular weight is 97.1 g/mol. The molecule has 1 amide bonds. The van der Waals surface area contributed by atoms with E-state index < -0.39 is 0 Å². The molecule has 0 unspecified atom stereocenters. The van der Waals surface area contributed by atoms with Gasteiger partial charge in [0.15, 0.2) is 0 Å². The molecule has 0 fully saturated rings. The Balaban J connectivity index is 2.47. The van der Waals surface area contributed by atoms with Crippen molar-refractivity contribution in [1.29, 1.82) is 0 Å². The molecular formula is C4H5N2O. The van der Waals surface area contributed by atoms with E-state index in [9.17, 15) is 4.79 Å². The number of rotatable bonds is 0. The second kappa shape index (κ2) is 1.64. The molecule has 0 spiro atoms. The molecule has 3 heteroatoms. The molecule has 0 saturated carbocycles. The number of hydrogen-bond acceptors (Lipinski definition) is 2. The molecular weight excluding hydrogens is 92.1 g/mol. The van der Waals surface area contributed by atoms with Gasteiger partial charge in [0.25, 0.3) is 5.91 Å². The van der Waals surface area contributed by atoms with E-state index in [-0.39, 0.29) is 5.91 Å². The van der Waals surface area contributed by atoms with Crippen molar-refractivity contribution in [2.75, 3.05) is 6.54 Å². The van der Waals surface area contributed by atoms with E-state index in [4.69, 9.17) is 0 Å². The summed E-state index contributed by atoms with van der Waals surface area (Å²) in [5.74, 6) is -0.109. The van der Waals surface area contributed by atoms with Crippen LogP contribution < -0.4 is 10.6 Å². The second-order valence-corrected chi connectivity index (χ2v) is 1.22. The summed E-state index contributed by atoms with van der Waals surface area (Å²) in [7, 11) is 0. The Morgan fingerprint density at radius 2 is 2.71 bits per heavy atom. The molecule has 7 heavy (non-hydrogen) atoms. The highest BCUT2D eigenvalue weighted by Crippen LogP contribution is 1.74. The molecule has 0 atom stereocenters. The molecule has 37 valence electrons. The van der Waals surface area contributed by atoms with Crippen LogP contribution in [0.2, 0.25) is 0 Å². The molecule has 0 saturated heterocycles. The number of hydrogen-bond donors (Lipinski definition) is 1. The minimum atomic E-state index is -0.109. The van der Waals surface area contributed by atoms with Crippen molar-refractivity contribution in [3.63, 3.8) is 0 Å². The number of carbonyl (C=O) groups is 1. The zero-order valence-corrected chi connectivity index (χ0v) is 3.72. The predicted octanol–water partition coefficient (Wildman–Crippen LogP) is -0.808. The van der Waals surface area contributed by atoms with Crippen LogP contribution in [0.25, 0.3) is 0 Å². The molecule has 1 rings (SSSR count). The maximum atomic E-state index is 10.2. The Hall–Kier alpha value is -0.990. The standard InChI is InChI=1S/C4H5N2O/c7-4-3-5-1-2-6-4/h1-2,5H,3H2. The number of amides is 1. The van der Waals surface area contributed by atoms with Crippen LogP contribution in [-0.2, 0) is 4.79 Å². The molecule has 1 heterocycles. The molecule has 3 nitrogen and oxygen atoms in total. The van der Waals surface area contributed by atoms with Gasteiger partial charge in [-0.3, -0.25) is 4.79 Å². The van der Waals surface area contributed by atoms with Crippen LogP contribution in [0.1, 0.15) is 0 Å².